The Morgan fingerprint density at radius 1 is 0.714 bits per heavy atom. The van der Waals surface area contributed by atoms with Crippen LogP contribution < -0.4 is 22.1 Å². The van der Waals surface area contributed by atoms with Gasteiger partial charge in [-0.05, 0) is 52.6 Å². The predicted molar refractivity (Wildman–Crippen MR) is 150 cm³/mol. The van der Waals surface area contributed by atoms with E-state index in [9.17, 15) is 39.6 Å². The summed E-state index contributed by atoms with van der Waals surface area (Å²) in [5, 5.41) is 42.7. The second kappa shape index (κ2) is 20.5. The van der Waals surface area contributed by atoms with Crippen LogP contribution in [0.25, 0.3) is 0 Å². The van der Waals surface area contributed by atoms with Crippen LogP contribution in [-0.4, -0.2) is 143 Å². The number of hydrogen-bond donors (Lipinski definition) is 8. The van der Waals surface area contributed by atoms with Gasteiger partial charge >= 0.3 is 11.9 Å². The Morgan fingerprint density at radius 2 is 1.07 bits per heavy atom. The van der Waals surface area contributed by atoms with Crippen LogP contribution in [0.15, 0.2) is 0 Å². The van der Waals surface area contributed by atoms with Crippen molar-refractivity contribution in [3.05, 3.63) is 0 Å². The molecule has 10 N–H and O–H groups in total. The van der Waals surface area contributed by atoms with Gasteiger partial charge in [0, 0.05) is 26.2 Å². The number of nitrogens with one attached hydrogen (secondary N) is 2. The van der Waals surface area contributed by atoms with Gasteiger partial charge in [0.15, 0.2) is 0 Å². The van der Waals surface area contributed by atoms with E-state index in [1.807, 2.05) is 4.90 Å². The fourth-order valence-corrected chi connectivity index (χ4v) is 4.45. The standard InChI is InChI=1S/C26H50N6O10/c1-17(33)13-31(14-18(2)34)7-3-5-9-41-23(37)11-19-25(39)30-20(26(40)29-19)12-24(38)42-10-6-4-8-32(15-21(27)35)16-22(28)36/h17-22,33-36H,3-16,27-28H2,1-2H3,(H,29,40)(H,30,39). The molecule has 16 heteroatoms. The number of nitrogens with zero attached hydrogens (tertiary/aromatic N) is 2. The van der Waals surface area contributed by atoms with Crippen LogP contribution in [0.5, 0.6) is 0 Å². The molecule has 0 aromatic carbocycles. The summed E-state index contributed by atoms with van der Waals surface area (Å²) in [6.45, 7) is 5.67. The van der Waals surface area contributed by atoms with E-state index in [1.54, 1.807) is 18.7 Å². The molecule has 1 rings (SSSR count). The molecular weight excluding hydrogens is 556 g/mol. The van der Waals surface area contributed by atoms with Crippen LogP contribution in [0.3, 0.4) is 0 Å². The number of carbonyl (C=O) groups is 4. The first-order chi connectivity index (χ1) is 19.8. The third-order valence-corrected chi connectivity index (χ3v) is 6.21. The topological polar surface area (TPSA) is 250 Å². The largest absolute Gasteiger partial charge is 0.466 e. The average molecular weight is 607 g/mol. The maximum Gasteiger partial charge on any atom is 0.308 e. The van der Waals surface area contributed by atoms with Crippen LogP contribution in [0, 0.1) is 0 Å². The molecule has 0 saturated carbocycles. The molecule has 0 aromatic rings. The maximum absolute atomic E-state index is 12.4. The zero-order chi connectivity index (χ0) is 31.7. The van der Waals surface area contributed by atoms with Crippen molar-refractivity contribution >= 4 is 23.8 Å². The monoisotopic (exact) mass is 606 g/mol. The number of rotatable bonds is 22. The Balaban J connectivity index is 2.30. The number of amides is 2. The molecule has 1 saturated heterocycles. The van der Waals surface area contributed by atoms with Crippen LogP contribution in [-0.2, 0) is 28.7 Å². The minimum atomic E-state index is -1.13. The highest BCUT2D eigenvalue weighted by Gasteiger charge is 2.36. The number of ether oxygens (including phenoxy) is 2. The lowest BCUT2D eigenvalue weighted by molar-refractivity contribution is -0.150. The van der Waals surface area contributed by atoms with Gasteiger partial charge in [-0.3, -0.25) is 29.0 Å². The number of carbonyl (C=O) groups excluding carboxylic acids is 4. The highest BCUT2D eigenvalue weighted by molar-refractivity contribution is 6.00. The quantitative estimate of drug-likeness (QED) is 0.0336. The number of aliphatic hydroxyl groups excluding tert-OH is 4. The number of nitrogens with two attached hydrogens (primary N) is 2. The minimum absolute atomic E-state index is 0.0684. The zero-order valence-electron chi connectivity index (χ0n) is 24.7. The number of unbranched alkanes of at least 4 members (excludes halogenated alkanes) is 2. The lowest BCUT2D eigenvalue weighted by Crippen LogP contribution is -2.62. The summed E-state index contributed by atoms with van der Waals surface area (Å²) in [5.41, 5.74) is 10.7. The van der Waals surface area contributed by atoms with E-state index in [4.69, 9.17) is 20.9 Å². The van der Waals surface area contributed by atoms with Gasteiger partial charge in [-0.2, -0.15) is 0 Å². The van der Waals surface area contributed by atoms with Gasteiger partial charge in [0.2, 0.25) is 11.8 Å². The van der Waals surface area contributed by atoms with Crippen molar-refractivity contribution in [1.29, 1.82) is 0 Å². The molecule has 6 unspecified atom stereocenters. The number of aliphatic hydroxyl groups is 4. The van der Waals surface area contributed by atoms with Gasteiger partial charge in [0.25, 0.3) is 0 Å². The average Bonchev–Trinajstić information content (AvgIpc) is 2.85. The number of esters is 2. The molecule has 1 fully saturated rings. The molecule has 1 heterocycles. The van der Waals surface area contributed by atoms with Crippen molar-refractivity contribution in [3.63, 3.8) is 0 Å². The van der Waals surface area contributed by atoms with Crippen LogP contribution in [0.4, 0.5) is 0 Å². The van der Waals surface area contributed by atoms with Gasteiger partial charge < -0.3 is 52.0 Å². The Morgan fingerprint density at radius 3 is 1.40 bits per heavy atom. The Hall–Kier alpha value is -2.44. The first-order valence-electron chi connectivity index (χ1n) is 14.4. The molecule has 42 heavy (non-hydrogen) atoms. The van der Waals surface area contributed by atoms with E-state index >= 15 is 0 Å². The second-order valence-electron chi connectivity index (χ2n) is 10.7. The van der Waals surface area contributed by atoms with Crippen LogP contribution in [0.1, 0.15) is 52.4 Å². The fourth-order valence-electron chi connectivity index (χ4n) is 4.45. The summed E-state index contributed by atoms with van der Waals surface area (Å²) < 4.78 is 10.3. The zero-order valence-corrected chi connectivity index (χ0v) is 24.7. The lowest BCUT2D eigenvalue weighted by atomic mass is 10.1. The third-order valence-electron chi connectivity index (χ3n) is 6.21. The molecular formula is C26H50N6O10. The van der Waals surface area contributed by atoms with Crippen molar-refractivity contribution in [2.24, 2.45) is 11.5 Å². The third kappa shape index (κ3) is 17.5. The van der Waals surface area contributed by atoms with Crippen molar-refractivity contribution in [2.45, 2.75) is 89.1 Å². The maximum atomic E-state index is 12.4. The molecule has 2 amide bonds. The first kappa shape index (κ1) is 37.6. The Bertz CT molecular complexity index is 743. The van der Waals surface area contributed by atoms with E-state index < -0.39 is 60.5 Å². The van der Waals surface area contributed by atoms with Crippen molar-refractivity contribution in [1.82, 2.24) is 20.4 Å². The van der Waals surface area contributed by atoms with Crippen molar-refractivity contribution < 1.29 is 49.1 Å². The summed E-state index contributed by atoms with van der Waals surface area (Å²) in [6, 6.07) is -2.25. The van der Waals surface area contributed by atoms with Gasteiger partial charge in [0.05, 0.1) is 38.3 Å². The molecule has 0 radical (unpaired) electrons. The molecule has 0 bridgehead atoms. The highest BCUT2D eigenvalue weighted by atomic mass is 16.5. The number of hydrogen-bond acceptors (Lipinski definition) is 14. The molecule has 6 atom stereocenters. The molecule has 1 aliphatic heterocycles. The SMILES string of the molecule is CC(O)CN(CCCCOC(=O)CC1NC(=O)C(CC(=O)OCCCCN(CC(N)O)CC(N)O)NC1=O)CC(C)O. The molecule has 244 valence electrons. The molecule has 1 aliphatic rings. The molecule has 0 aromatic heterocycles. The molecule has 16 nitrogen and oxygen atoms in total. The second-order valence-corrected chi connectivity index (χ2v) is 10.7. The van der Waals surface area contributed by atoms with E-state index in [2.05, 4.69) is 10.6 Å². The fraction of sp³-hybridized carbons (Fsp3) is 0.846. The van der Waals surface area contributed by atoms with Crippen LogP contribution in [0.2, 0.25) is 0 Å². The summed E-state index contributed by atoms with van der Waals surface area (Å²) in [7, 11) is 0. The van der Waals surface area contributed by atoms with Crippen molar-refractivity contribution in [2.75, 3.05) is 52.5 Å². The molecule has 0 spiro atoms. The summed E-state index contributed by atoms with van der Waals surface area (Å²) >= 11 is 0. The van der Waals surface area contributed by atoms with Gasteiger partial charge in [-0.25, -0.2) is 0 Å². The summed E-state index contributed by atoms with van der Waals surface area (Å²) in [6.07, 6.45) is -1.72. The van der Waals surface area contributed by atoms with E-state index in [1.165, 1.54) is 0 Å². The Labute approximate surface area is 246 Å². The van der Waals surface area contributed by atoms with Crippen molar-refractivity contribution in [3.8, 4) is 0 Å². The van der Waals surface area contributed by atoms with Gasteiger partial charge in [0.1, 0.15) is 24.5 Å². The Kier molecular flexibility index (Phi) is 18.3. The van der Waals surface area contributed by atoms with Gasteiger partial charge in [-0.1, -0.05) is 0 Å². The van der Waals surface area contributed by atoms with Crippen LogP contribution >= 0.6 is 0 Å². The summed E-state index contributed by atoms with van der Waals surface area (Å²) in [5.74, 6) is -2.56. The normalized spacial score (nSPS) is 20.0. The number of piperazine rings is 1. The first-order valence-corrected chi connectivity index (χ1v) is 14.4. The predicted octanol–water partition coefficient (Wildman–Crippen LogP) is -3.68. The summed E-state index contributed by atoms with van der Waals surface area (Å²) in [4.78, 5) is 52.8. The lowest BCUT2D eigenvalue weighted by Gasteiger charge is -2.28. The highest BCUT2D eigenvalue weighted by Crippen LogP contribution is 2.08. The van der Waals surface area contributed by atoms with Gasteiger partial charge in [-0.15, -0.1) is 0 Å². The minimum Gasteiger partial charge on any atom is -0.466 e. The molecule has 0 aliphatic carbocycles. The smallest absolute Gasteiger partial charge is 0.308 e. The van der Waals surface area contributed by atoms with E-state index in [0.717, 1.165) is 0 Å². The van der Waals surface area contributed by atoms with E-state index in [-0.39, 0.29) is 39.1 Å². The van der Waals surface area contributed by atoms with E-state index in [0.29, 0.717) is 51.9 Å².